The minimum atomic E-state index is -0.608. The lowest BCUT2D eigenvalue weighted by atomic mass is 9.85. The molecule has 0 N–H and O–H groups in total. The largest absolute Gasteiger partial charge is 0.493 e. The first kappa shape index (κ1) is 50.1. The summed E-state index contributed by atoms with van der Waals surface area (Å²) in [5.74, 6) is 4.48. The van der Waals surface area contributed by atoms with E-state index >= 15 is 0 Å². The Balaban J connectivity index is 1.06. The Hall–Kier alpha value is -6.32. The average molecular weight is 929 g/mol. The van der Waals surface area contributed by atoms with Crippen molar-refractivity contribution in [3.05, 3.63) is 100 Å². The van der Waals surface area contributed by atoms with E-state index in [2.05, 4.69) is 44.4 Å². The van der Waals surface area contributed by atoms with E-state index < -0.39 is 11.9 Å². The molecule has 2 aliphatic rings. The zero-order valence-electron chi connectivity index (χ0n) is 41.0. The summed E-state index contributed by atoms with van der Waals surface area (Å²) in [5.41, 5.74) is 6.75. The number of ether oxygens (including phenoxy) is 11. The monoisotopic (exact) mass is 928 g/mol. The van der Waals surface area contributed by atoms with Crippen LogP contribution in [-0.4, -0.2) is 138 Å². The molecule has 15 heteroatoms. The maximum Gasteiger partial charge on any atom is 0.331 e. The van der Waals surface area contributed by atoms with E-state index in [1.54, 1.807) is 64.0 Å². The summed E-state index contributed by atoms with van der Waals surface area (Å²) in [6.07, 6.45) is 5.77. The lowest BCUT2D eigenvalue weighted by Crippen LogP contribution is -2.52. The Morgan fingerprint density at radius 1 is 0.522 bits per heavy atom. The van der Waals surface area contributed by atoms with Crippen molar-refractivity contribution in [2.24, 2.45) is 0 Å². The smallest absolute Gasteiger partial charge is 0.331 e. The second-order valence-electron chi connectivity index (χ2n) is 17.3. The van der Waals surface area contributed by atoms with Crippen LogP contribution in [0.1, 0.15) is 58.3 Å². The van der Waals surface area contributed by atoms with E-state index in [-0.39, 0.29) is 25.3 Å². The van der Waals surface area contributed by atoms with E-state index in [0.29, 0.717) is 86.5 Å². The van der Waals surface area contributed by atoms with Crippen LogP contribution < -0.4 is 42.6 Å². The fourth-order valence-corrected chi connectivity index (χ4v) is 9.89. The topological polar surface area (TPSA) is 136 Å². The molecule has 0 fully saturated rings. The van der Waals surface area contributed by atoms with E-state index in [1.165, 1.54) is 11.1 Å². The molecule has 15 nitrogen and oxygen atoms in total. The summed E-state index contributed by atoms with van der Waals surface area (Å²) in [5, 5.41) is 0. The first-order chi connectivity index (χ1) is 32.3. The number of esters is 2. The molecule has 4 aromatic rings. The summed E-state index contributed by atoms with van der Waals surface area (Å²) in [6, 6.07) is 18.2. The highest BCUT2D eigenvalue weighted by molar-refractivity contribution is 5.91. The Labute approximate surface area is 395 Å². The lowest BCUT2D eigenvalue weighted by molar-refractivity contribution is -0.941. The Bertz CT molecular complexity index is 2380. The number of carbonyl (C=O) groups is 2. The van der Waals surface area contributed by atoms with Crippen molar-refractivity contribution in [1.29, 1.82) is 0 Å². The number of fused-ring (bicyclic) bond motifs is 2. The van der Waals surface area contributed by atoms with Gasteiger partial charge < -0.3 is 61.1 Å². The van der Waals surface area contributed by atoms with Gasteiger partial charge in [-0.3, -0.25) is 0 Å². The first-order valence-electron chi connectivity index (χ1n) is 22.5. The van der Waals surface area contributed by atoms with Gasteiger partial charge in [0.15, 0.2) is 46.0 Å². The van der Waals surface area contributed by atoms with E-state index in [4.69, 9.17) is 52.1 Å². The van der Waals surface area contributed by atoms with Gasteiger partial charge in [0.05, 0.1) is 117 Å². The quantitative estimate of drug-likeness (QED) is 0.0339. The second-order valence-corrected chi connectivity index (χ2v) is 17.3. The summed E-state index contributed by atoms with van der Waals surface area (Å²) in [4.78, 5) is 25.7. The fourth-order valence-electron chi connectivity index (χ4n) is 9.89. The van der Waals surface area contributed by atoms with Gasteiger partial charge >= 0.3 is 11.9 Å². The van der Waals surface area contributed by atoms with Crippen molar-refractivity contribution in [3.8, 4) is 51.7 Å². The third-order valence-electron chi connectivity index (χ3n) is 13.5. The zero-order valence-corrected chi connectivity index (χ0v) is 41.0. The Morgan fingerprint density at radius 3 is 1.48 bits per heavy atom. The molecular formula is C52H68N2O13+2. The zero-order chi connectivity index (χ0) is 48.3. The van der Waals surface area contributed by atoms with Crippen LogP contribution in [-0.2, 0) is 38.3 Å². The summed E-state index contributed by atoms with van der Waals surface area (Å²) in [6.45, 7) is 3.48. The number of quaternary nitrogens is 2. The number of hydrogen-bond donors (Lipinski definition) is 0. The third-order valence-corrected chi connectivity index (χ3v) is 13.5. The van der Waals surface area contributed by atoms with Gasteiger partial charge in [-0.1, -0.05) is 0 Å². The molecule has 362 valence electrons. The fraction of sp³-hybridized carbons (Fsp3) is 0.462. The molecule has 0 amide bonds. The van der Waals surface area contributed by atoms with Crippen molar-refractivity contribution in [3.63, 3.8) is 0 Å². The molecule has 0 aromatic heterocycles. The van der Waals surface area contributed by atoms with Crippen LogP contribution >= 0.6 is 0 Å². The second kappa shape index (κ2) is 22.4. The predicted molar refractivity (Wildman–Crippen MR) is 253 cm³/mol. The first-order valence-corrected chi connectivity index (χ1v) is 22.5. The van der Waals surface area contributed by atoms with Crippen LogP contribution in [0.3, 0.4) is 0 Å². The maximum atomic E-state index is 12.9. The molecule has 0 bridgehead atoms. The van der Waals surface area contributed by atoms with Gasteiger partial charge in [-0.25, -0.2) is 9.59 Å². The van der Waals surface area contributed by atoms with Crippen molar-refractivity contribution in [2.45, 2.75) is 44.2 Å². The van der Waals surface area contributed by atoms with Gasteiger partial charge in [-0.2, -0.15) is 0 Å². The summed E-state index contributed by atoms with van der Waals surface area (Å²) < 4.78 is 63.5. The SMILES string of the molecule is COc1ccc(C2c3cc(OC)c(OC)cc3CC[N+]2(C)CCCOC(=O)/C=C\C(=O)OCCC[N+]2(C)CCc3cc(OC)c(OC)cc3C2Cc2cc(OC)c(OC)c(OC)c2)cc1OC. The number of nitrogens with zero attached hydrogens (tertiary/aromatic N) is 2. The molecule has 0 saturated heterocycles. The summed E-state index contributed by atoms with van der Waals surface area (Å²) >= 11 is 0. The van der Waals surface area contributed by atoms with Gasteiger partial charge in [0.2, 0.25) is 5.75 Å². The van der Waals surface area contributed by atoms with Gasteiger partial charge in [0, 0.05) is 60.9 Å². The van der Waals surface area contributed by atoms with E-state index in [1.807, 2.05) is 24.3 Å². The van der Waals surface area contributed by atoms with Crippen LogP contribution in [0.15, 0.2) is 66.7 Å². The van der Waals surface area contributed by atoms with Crippen LogP contribution in [0, 0.1) is 0 Å². The van der Waals surface area contributed by atoms with Crippen molar-refractivity contribution >= 4 is 11.9 Å². The number of methoxy groups -OCH3 is 9. The van der Waals surface area contributed by atoms with Crippen molar-refractivity contribution in [1.82, 2.24) is 0 Å². The van der Waals surface area contributed by atoms with Gasteiger partial charge in [-0.15, -0.1) is 0 Å². The molecular weight excluding hydrogens is 861 g/mol. The highest BCUT2D eigenvalue weighted by atomic mass is 16.5. The molecule has 4 atom stereocenters. The minimum Gasteiger partial charge on any atom is -0.493 e. The van der Waals surface area contributed by atoms with Crippen LogP contribution in [0.25, 0.3) is 0 Å². The van der Waals surface area contributed by atoms with Crippen molar-refractivity contribution < 1.29 is 70.7 Å². The molecule has 6 rings (SSSR count). The standard InChI is InChI=1S/C52H68N2O13/c1-53(22-18-35-29-43(59-5)45(61-7)32-38(35)40(53)26-34-27-47(63-9)52(65-11)48(28-34)64-10)20-12-24-66-49(55)16-17-50(56)67-25-13-21-54(2)23-19-36-30-44(60-6)46(62-8)33-39(36)51(54)37-14-15-41(57-3)42(31-37)58-4/h14-17,27-33,40,51H,12-13,18-26H2,1-11H3/q+2/b17-16-. The molecule has 67 heavy (non-hydrogen) atoms. The minimum absolute atomic E-state index is 0.0107. The average Bonchev–Trinajstić information content (AvgIpc) is 3.35. The van der Waals surface area contributed by atoms with Gasteiger partial charge in [0.25, 0.3) is 0 Å². The van der Waals surface area contributed by atoms with Gasteiger partial charge in [-0.05, 0) is 71.3 Å². The number of benzene rings is 4. The highest BCUT2D eigenvalue weighted by Gasteiger charge is 2.42. The predicted octanol–water partition coefficient (Wildman–Crippen LogP) is 7.27. The van der Waals surface area contributed by atoms with E-state index in [0.717, 1.165) is 66.9 Å². The Kier molecular flexibility index (Phi) is 16.8. The summed E-state index contributed by atoms with van der Waals surface area (Å²) in [7, 11) is 19.1. The molecule has 2 heterocycles. The number of hydrogen-bond acceptors (Lipinski definition) is 13. The highest BCUT2D eigenvalue weighted by Crippen LogP contribution is 2.47. The normalized spacial score (nSPS) is 19.6. The lowest BCUT2D eigenvalue weighted by Gasteiger charge is -2.46. The van der Waals surface area contributed by atoms with Crippen LogP contribution in [0.5, 0.6) is 51.7 Å². The molecule has 0 radical (unpaired) electrons. The molecule has 4 aromatic carbocycles. The molecule has 0 saturated carbocycles. The third kappa shape index (κ3) is 11.1. The van der Waals surface area contributed by atoms with Crippen molar-refractivity contribution in [2.75, 3.05) is 117 Å². The number of carbonyl (C=O) groups excluding carboxylic acids is 2. The molecule has 0 spiro atoms. The Morgan fingerprint density at radius 2 is 0.970 bits per heavy atom. The molecule has 4 unspecified atom stereocenters. The molecule has 0 aliphatic carbocycles. The van der Waals surface area contributed by atoms with E-state index in [9.17, 15) is 9.59 Å². The van der Waals surface area contributed by atoms with Gasteiger partial charge in [0.1, 0.15) is 12.1 Å². The van der Waals surface area contributed by atoms with Crippen LogP contribution in [0.4, 0.5) is 0 Å². The molecule has 2 aliphatic heterocycles. The van der Waals surface area contributed by atoms with Crippen LogP contribution in [0.2, 0.25) is 0 Å². The maximum absolute atomic E-state index is 12.9. The number of likely N-dealkylation sites (N-methyl/N-ethyl adjacent to an activating group) is 2. The number of rotatable bonds is 22.